The van der Waals surface area contributed by atoms with Crippen molar-refractivity contribution in [3.05, 3.63) is 18.2 Å². The van der Waals surface area contributed by atoms with E-state index in [4.69, 9.17) is 0 Å². The predicted octanol–water partition coefficient (Wildman–Crippen LogP) is 3.26. The quantitative estimate of drug-likeness (QED) is 0.906. The highest BCUT2D eigenvalue weighted by Crippen LogP contribution is 2.35. The summed E-state index contributed by atoms with van der Waals surface area (Å²) in [7, 11) is 2.08. The molecule has 2 fully saturated rings. The summed E-state index contributed by atoms with van der Waals surface area (Å²) in [6.45, 7) is 5.97. The molecule has 1 saturated heterocycles. The van der Waals surface area contributed by atoms with Crippen LogP contribution in [0.3, 0.4) is 0 Å². The van der Waals surface area contributed by atoms with Gasteiger partial charge in [-0.15, -0.1) is 0 Å². The molecule has 1 aliphatic heterocycles. The molecule has 1 saturated carbocycles. The first-order chi connectivity index (χ1) is 10.7. The van der Waals surface area contributed by atoms with Crippen LogP contribution in [0.2, 0.25) is 0 Å². The molecule has 0 amide bonds. The molecule has 1 aromatic heterocycles. The monoisotopic (exact) mass is 304 g/mol. The van der Waals surface area contributed by atoms with Crippen molar-refractivity contribution in [2.75, 3.05) is 19.6 Å². The summed E-state index contributed by atoms with van der Waals surface area (Å²) in [4.78, 5) is 7.31. The molecule has 0 aromatic carbocycles. The van der Waals surface area contributed by atoms with Gasteiger partial charge in [-0.3, -0.25) is 4.90 Å². The molecule has 0 radical (unpaired) electrons. The van der Waals surface area contributed by atoms with Crippen LogP contribution in [0, 0.1) is 0 Å². The number of hydrogen-bond acceptors (Lipinski definition) is 3. The number of rotatable bonds is 5. The fourth-order valence-electron chi connectivity index (χ4n) is 4.41. The summed E-state index contributed by atoms with van der Waals surface area (Å²) in [6.07, 6.45) is 15.1. The topological polar surface area (TPSA) is 33.1 Å². The maximum Gasteiger partial charge on any atom is 0.125 e. The van der Waals surface area contributed by atoms with E-state index in [1.54, 1.807) is 0 Å². The van der Waals surface area contributed by atoms with Crippen LogP contribution in [0.5, 0.6) is 0 Å². The first-order valence-electron chi connectivity index (χ1n) is 9.17. The fourth-order valence-corrected chi connectivity index (χ4v) is 4.41. The molecule has 2 heterocycles. The van der Waals surface area contributed by atoms with Crippen LogP contribution < -0.4 is 5.32 Å². The summed E-state index contributed by atoms with van der Waals surface area (Å²) in [5.41, 5.74) is 0.401. The zero-order valence-corrected chi connectivity index (χ0v) is 14.4. The van der Waals surface area contributed by atoms with Gasteiger partial charge in [-0.05, 0) is 45.7 Å². The number of imidazole rings is 1. The average molecular weight is 304 g/mol. The Labute approximate surface area is 135 Å². The zero-order chi connectivity index (χ0) is 15.4. The van der Waals surface area contributed by atoms with E-state index in [2.05, 4.69) is 33.7 Å². The van der Waals surface area contributed by atoms with Gasteiger partial charge in [0.05, 0.1) is 6.04 Å². The predicted molar refractivity (Wildman–Crippen MR) is 90.9 cm³/mol. The van der Waals surface area contributed by atoms with E-state index in [1.807, 2.05) is 12.4 Å². The maximum atomic E-state index is 4.50. The summed E-state index contributed by atoms with van der Waals surface area (Å²) >= 11 is 0. The molecule has 1 aromatic rings. The number of aromatic nitrogens is 2. The summed E-state index contributed by atoms with van der Waals surface area (Å²) in [6, 6.07) is 0.323. The Morgan fingerprint density at radius 1 is 1.14 bits per heavy atom. The second-order valence-electron chi connectivity index (χ2n) is 7.33. The molecular formula is C18H32N4. The van der Waals surface area contributed by atoms with Crippen LogP contribution >= 0.6 is 0 Å². The summed E-state index contributed by atoms with van der Waals surface area (Å²) in [5.74, 6) is 1.14. The van der Waals surface area contributed by atoms with E-state index in [9.17, 15) is 0 Å². The molecule has 1 atom stereocenters. The third-order valence-electron chi connectivity index (χ3n) is 5.79. The Bertz CT molecular complexity index is 455. The minimum absolute atomic E-state index is 0.323. The Hall–Kier alpha value is -0.870. The van der Waals surface area contributed by atoms with Crippen molar-refractivity contribution in [1.29, 1.82) is 0 Å². The van der Waals surface area contributed by atoms with Gasteiger partial charge in [-0.2, -0.15) is 0 Å². The highest BCUT2D eigenvalue weighted by molar-refractivity contribution is 5.01. The van der Waals surface area contributed by atoms with Crippen LogP contribution in [-0.4, -0.2) is 39.6 Å². The molecule has 2 aliphatic rings. The fraction of sp³-hybridized carbons (Fsp3) is 0.833. The van der Waals surface area contributed by atoms with Crippen LogP contribution in [0.15, 0.2) is 12.4 Å². The van der Waals surface area contributed by atoms with Crippen molar-refractivity contribution < 1.29 is 0 Å². The summed E-state index contributed by atoms with van der Waals surface area (Å²) in [5, 5.41) is 3.81. The smallest absolute Gasteiger partial charge is 0.125 e. The van der Waals surface area contributed by atoms with Crippen molar-refractivity contribution in [3.63, 3.8) is 0 Å². The minimum atomic E-state index is 0.323. The SMILES string of the molecule is C[C@H](NCC1(N2CCCCC2)CCCCC1)c1nccn1C. The minimum Gasteiger partial charge on any atom is -0.337 e. The van der Waals surface area contributed by atoms with E-state index in [-0.39, 0.29) is 0 Å². The molecule has 0 bridgehead atoms. The van der Waals surface area contributed by atoms with Crippen LogP contribution in [-0.2, 0) is 7.05 Å². The number of aryl methyl sites for hydroxylation is 1. The number of likely N-dealkylation sites (tertiary alicyclic amines) is 1. The number of nitrogens with one attached hydrogen (secondary N) is 1. The third-order valence-corrected chi connectivity index (χ3v) is 5.79. The summed E-state index contributed by atoms with van der Waals surface area (Å²) < 4.78 is 2.13. The number of hydrogen-bond donors (Lipinski definition) is 1. The molecule has 4 heteroatoms. The lowest BCUT2D eigenvalue weighted by Gasteiger charge is -2.49. The normalized spacial score (nSPS) is 24.3. The number of piperidine rings is 1. The Balaban J connectivity index is 1.66. The lowest BCUT2D eigenvalue weighted by Crippen LogP contribution is -2.57. The van der Waals surface area contributed by atoms with Gasteiger partial charge in [-0.1, -0.05) is 25.7 Å². The Morgan fingerprint density at radius 2 is 1.82 bits per heavy atom. The van der Waals surface area contributed by atoms with E-state index < -0.39 is 0 Å². The lowest BCUT2D eigenvalue weighted by atomic mass is 9.79. The molecule has 4 nitrogen and oxygen atoms in total. The van der Waals surface area contributed by atoms with Gasteiger partial charge in [0.25, 0.3) is 0 Å². The van der Waals surface area contributed by atoms with E-state index in [0.717, 1.165) is 12.4 Å². The molecule has 22 heavy (non-hydrogen) atoms. The van der Waals surface area contributed by atoms with Crippen molar-refractivity contribution >= 4 is 0 Å². The molecule has 0 spiro atoms. The first-order valence-corrected chi connectivity index (χ1v) is 9.17. The second-order valence-corrected chi connectivity index (χ2v) is 7.33. The lowest BCUT2D eigenvalue weighted by molar-refractivity contribution is 0.0315. The van der Waals surface area contributed by atoms with Crippen LogP contribution in [0.1, 0.15) is 70.2 Å². The molecule has 1 N–H and O–H groups in total. The zero-order valence-electron chi connectivity index (χ0n) is 14.4. The highest BCUT2D eigenvalue weighted by atomic mass is 15.2. The third kappa shape index (κ3) is 3.38. The van der Waals surface area contributed by atoms with Gasteiger partial charge in [0, 0.05) is 31.5 Å². The highest BCUT2D eigenvalue weighted by Gasteiger charge is 2.38. The van der Waals surface area contributed by atoms with Gasteiger partial charge in [0.1, 0.15) is 5.82 Å². The first kappa shape index (κ1) is 16.0. The van der Waals surface area contributed by atoms with Gasteiger partial charge < -0.3 is 9.88 Å². The van der Waals surface area contributed by atoms with Gasteiger partial charge >= 0.3 is 0 Å². The van der Waals surface area contributed by atoms with Crippen LogP contribution in [0.4, 0.5) is 0 Å². The van der Waals surface area contributed by atoms with Crippen molar-refractivity contribution in [3.8, 4) is 0 Å². The van der Waals surface area contributed by atoms with E-state index in [0.29, 0.717) is 11.6 Å². The standard InChI is InChI=1S/C18H32N4/c1-16(17-19-11-14-21(17)2)20-15-18(9-5-3-6-10-18)22-12-7-4-8-13-22/h11,14,16,20H,3-10,12-13,15H2,1-2H3/t16-/m0/s1. The molecule has 0 unspecified atom stereocenters. The molecule has 124 valence electrons. The number of nitrogens with zero attached hydrogens (tertiary/aromatic N) is 3. The van der Waals surface area contributed by atoms with Gasteiger partial charge in [0.2, 0.25) is 0 Å². The van der Waals surface area contributed by atoms with Gasteiger partial charge in [0.15, 0.2) is 0 Å². The van der Waals surface area contributed by atoms with Crippen molar-refractivity contribution in [2.45, 2.75) is 69.9 Å². The Kier molecular flexibility index (Phi) is 5.19. The Morgan fingerprint density at radius 3 is 2.45 bits per heavy atom. The van der Waals surface area contributed by atoms with Gasteiger partial charge in [-0.25, -0.2) is 4.98 Å². The van der Waals surface area contributed by atoms with Crippen molar-refractivity contribution in [1.82, 2.24) is 19.8 Å². The molecule has 3 rings (SSSR count). The van der Waals surface area contributed by atoms with E-state index in [1.165, 1.54) is 64.5 Å². The van der Waals surface area contributed by atoms with E-state index >= 15 is 0 Å². The largest absolute Gasteiger partial charge is 0.337 e. The maximum absolute atomic E-state index is 4.50. The second kappa shape index (κ2) is 7.14. The molecular weight excluding hydrogens is 272 g/mol. The molecule has 1 aliphatic carbocycles. The van der Waals surface area contributed by atoms with Crippen molar-refractivity contribution in [2.24, 2.45) is 7.05 Å². The average Bonchev–Trinajstić information content (AvgIpc) is 3.00. The van der Waals surface area contributed by atoms with Crippen LogP contribution in [0.25, 0.3) is 0 Å².